The molecule has 0 saturated carbocycles. The number of carbonyl (C=O) groups excluding carboxylic acids is 3. The van der Waals surface area contributed by atoms with E-state index in [4.69, 9.17) is 4.74 Å². The number of benzene rings is 1. The van der Waals surface area contributed by atoms with Crippen molar-refractivity contribution in [3.63, 3.8) is 0 Å². The zero-order chi connectivity index (χ0) is 31.2. The van der Waals surface area contributed by atoms with E-state index < -0.39 is 34.2 Å². The Morgan fingerprint density at radius 2 is 1.79 bits per heavy atom. The molecule has 0 aliphatic carbocycles. The molecular formula is C33H51N3O5S. The van der Waals surface area contributed by atoms with Crippen LogP contribution in [0.2, 0.25) is 0 Å². The van der Waals surface area contributed by atoms with Gasteiger partial charge < -0.3 is 25.4 Å². The van der Waals surface area contributed by atoms with Crippen LogP contribution in [-0.2, 0) is 14.4 Å². The summed E-state index contributed by atoms with van der Waals surface area (Å²) in [6, 6.07) is 5.99. The molecule has 4 rings (SSSR count). The van der Waals surface area contributed by atoms with Crippen molar-refractivity contribution < 1.29 is 24.2 Å². The van der Waals surface area contributed by atoms with Crippen molar-refractivity contribution in [2.24, 2.45) is 29.1 Å². The normalized spacial score (nSPS) is 29.5. The standard InChI is InChI=1S/C33H51N3O5S/c1-10-41-23-13-11-21(12-14-23)34-28(38)25-24-16-20(4)33(42-24)26(25)30(40)36(22(17-37)15-19(2)3)27(33)29(39)35-32(8,9)18-31(5,6)7/h11-14,19-20,22,24-27,37H,10,15-18H2,1-9H3,(H,34,38)(H,35,39)/t20?,22-,24-,25+,26+,27?,33?/m1/s1. The molecule has 1 aromatic carbocycles. The largest absolute Gasteiger partial charge is 0.494 e. The lowest BCUT2D eigenvalue weighted by Crippen LogP contribution is -2.61. The number of thioether (sulfide) groups is 1. The highest BCUT2D eigenvalue weighted by atomic mass is 32.2. The summed E-state index contributed by atoms with van der Waals surface area (Å²) in [5, 5.41) is 16.8. The molecule has 2 bridgehead atoms. The van der Waals surface area contributed by atoms with Gasteiger partial charge in [0, 0.05) is 16.5 Å². The molecule has 3 N–H and O–H groups in total. The zero-order valence-electron chi connectivity index (χ0n) is 26.8. The van der Waals surface area contributed by atoms with Crippen LogP contribution in [0.15, 0.2) is 24.3 Å². The van der Waals surface area contributed by atoms with Crippen molar-refractivity contribution in [1.82, 2.24) is 10.2 Å². The molecule has 3 fully saturated rings. The van der Waals surface area contributed by atoms with Crippen LogP contribution in [0, 0.1) is 29.1 Å². The SMILES string of the molecule is CCOc1ccc(NC(=O)[C@@H]2[C@H]3C(=O)N([C@@H](CO)CC(C)C)C(C(=O)NC(C)(C)CC(C)(C)C)C34S[C@@H]2CC4C)cc1. The van der Waals surface area contributed by atoms with Crippen molar-refractivity contribution in [2.45, 2.75) is 109 Å². The minimum absolute atomic E-state index is 0.00797. The Morgan fingerprint density at radius 1 is 1.14 bits per heavy atom. The maximum absolute atomic E-state index is 14.5. The van der Waals surface area contributed by atoms with E-state index in [2.05, 4.69) is 52.2 Å². The van der Waals surface area contributed by atoms with Gasteiger partial charge >= 0.3 is 0 Å². The van der Waals surface area contributed by atoms with Gasteiger partial charge in [-0.1, -0.05) is 41.5 Å². The fourth-order valence-corrected chi connectivity index (χ4v) is 10.5. The number of nitrogens with one attached hydrogen (secondary N) is 2. The first-order valence-corrected chi connectivity index (χ1v) is 16.4. The Hall–Kier alpha value is -2.26. The Morgan fingerprint density at radius 3 is 2.33 bits per heavy atom. The van der Waals surface area contributed by atoms with Crippen molar-refractivity contribution in [3.8, 4) is 5.75 Å². The first-order valence-electron chi connectivity index (χ1n) is 15.5. The second kappa shape index (κ2) is 12.0. The first-order chi connectivity index (χ1) is 19.5. The molecular weight excluding hydrogens is 550 g/mol. The number of hydrogen-bond donors (Lipinski definition) is 3. The third-order valence-corrected chi connectivity index (χ3v) is 11.0. The topological polar surface area (TPSA) is 108 Å². The summed E-state index contributed by atoms with van der Waals surface area (Å²) >= 11 is 1.66. The summed E-state index contributed by atoms with van der Waals surface area (Å²) in [5.41, 5.74) is 0.138. The number of aliphatic hydroxyl groups is 1. The zero-order valence-corrected chi connectivity index (χ0v) is 27.6. The van der Waals surface area contributed by atoms with Crippen LogP contribution in [0.25, 0.3) is 0 Å². The number of likely N-dealkylation sites (tertiary alicyclic amines) is 1. The number of amides is 3. The number of fused-ring (bicyclic) bond motifs is 1. The van der Waals surface area contributed by atoms with E-state index in [-0.39, 0.29) is 46.8 Å². The lowest BCUT2D eigenvalue weighted by molar-refractivity contribution is -0.143. The molecule has 234 valence electrons. The molecule has 1 spiro atoms. The smallest absolute Gasteiger partial charge is 0.244 e. The van der Waals surface area contributed by atoms with Crippen LogP contribution in [0.5, 0.6) is 5.75 Å². The third-order valence-electron chi connectivity index (χ3n) is 8.95. The molecule has 3 heterocycles. The number of rotatable bonds is 11. The lowest BCUT2D eigenvalue weighted by atomic mass is 9.65. The molecule has 3 unspecified atom stereocenters. The second-order valence-corrected chi connectivity index (χ2v) is 16.4. The molecule has 7 atom stereocenters. The fraction of sp³-hybridized carbons (Fsp3) is 0.727. The third kappa shape index (κ3) is 6.19. The summed E-state index contributed by atoms with van der Waals surface area (Å²) in [6.45, 7) is 19.0. The van der Waals surface area contributed by atoms with Gasteiger partial charge in [-0.05, 0) is 81.5 Å². The summed E-state index contributed by atoms with van der Waals surface area (Å²) in [4.78, 5) is 44.5. The van der Waals surface area contributed by atoms with Gasteiger partial charge in [-0.25, -0.2) is 0 Å². The fourth-order valence-electron chi connectivity index (χ4n) is 8.07. The van der Waals surface area contributed by atoms with Crippen LogP contribution in [-0.4, -0.2) is 68.6 Å². The molecule has 3 amide bonds. The lowest BCUT2D eigenvalue weighted by Gasteiger charge is -2.42. The van der Waals surface area contributed by atoms with Gasteiger partial charge in [0.2, 0.25) is 17.7 Å². The highest BCUT2D eigenvalue weighted by molar-refractivity contribution is 8.02. The summed E-state index contributed by atoms with van der Waals surface area (Å²) in [5.74, 6) is -0.763. The molecule has 0 aromatic heterocycles. The molecule has 9 heteroatoms. The van der Waals surface area contributed by atoms with Crippen LogP contribution < -0.4 is 15.4 Å². The number of hydrogen-bond acceptors (Lipinski definition) is 6. The van der Waals surface area contributed by atoms with Crippen LogP contribution in [0.3, 0.4) is 0 Å². The Bertz CT molecular complexity index is 1160. The van der Waals surface area contributed by atoms with Gasteiger partial charge in [0.15, 0.2) is 0 Å². The molecule has 42 heavy (non-hydrogen) atoms. The van der Waals surface area contributed by atoms with Crippen molar-refractivity contribution in [1.29, 1.82) is 0 Å². The Labute approximate surface area is 256 Å². The van der Waals surface area contributed by atoms with E-state index >= 15 is 0 Å². The number of nitrogens with zero attached hydrogens (tertiary/aromatic N) is 1. The van der Waals surface area contributed by atoms with E-state index in [0.717, 1.165) is 18.6 Å². The number of anilines is 1. The van der Waals surface area contributed by atoms with E-state index in [9.17, 15) is 19.5 Å². The summed E-state index contributed by atoms with van der Waals surface area (Å²) in [6.07, 6.45) is 2.09. The Kier molecular flexibility index (Phi) is 9.35. The van der Waals surface area contributed by atoms with Gasteiger partial charge in [-0.2, -0.15) is 0 Å². The Balaban J connectivity index is 1.71. The molecule has 3 aliphatic rings. The van der Waals surface area contributed by atoms with E-state index in [1.165, 1.54) is 0 Å². The molecule has 3 saturated heterocycles. The minimum Gasteiger partial charge on any atom is -0.494 e. The molecule has 3 aliphatic heterocycles. The van der Waals surface area contributed by atoms with Gasteiger partial charge in [-0.3, -0.25) is 14.4 Å². The first kappa shape index (κ1) is 32.6. The maximum Gasteiger partial charge on any atom is 0.244 e. The maximum atomic E-state index is 14.5. The van der Waals surface area contributed by atoms with E-state index in [1.807, 2.05) is 45.0 Å². The van der Waals surface area contributed by atoms with Crippen LogP contribution >= 0.6 is 11.8 Å². The summed E-state index contributed by atoms with van der Waals surface area (Å²) < 4.78 is 4.79. The average molecular weight is 602 g/mol. The molecule has 1 aromatic rings. The summed E-state index contributed by atoms with van der Waals surface area (Å²) in [7, 11) is 0. The number of aliphatic hydroxyl groups excluding tert-OH is 1. The number of carbonyl (C=O) groups is 3. The second-order valence-electron chi connectivity index (χ2n) is 14.8. The molecule has 8 nitrogen and oxygen atoms in total. The van der Waals surface area contributed by atoms with E-state index in [1.54, 1.807) is 16.7 Å². The van der Waals surface area contributed by atoms with Crippen molar-refractivity contribution in [3.05, 3.63) is 24.3 Å². The van der Waals surface area contributed by atoms with Crippen LogP contribution in [0.4, 0.5) is 5.69 Å². The average Bonchev–Trinajstić information content (AvgIpc) is 3.45. The van der Waals surface area contributed by atoms with Gasteiger partial charge in [0.1, 0.15) is 11.8 Å². The van der Waals surface area contributed by atoms with E-state index in [0.29, 0.717) is 18.7 Å². The molecule has 0 radical (unpaired) electrons. The van der Waals surface area contributed by atoms with Gasteiger partial charge in [0.05, 0.1) is 35.8 Å². The number of ether oxygens (including phenoxy) is 1. The monoisotopic (exact) mass is 601 g/mol. The predicted molar refractivity (Wildman–Crippen MR) is 168 cm³/mol. The predicted octanol–water partition coefficient (Wildman–Crippen LogP) is 5.10. The minimum atomic E-state index is -0.765. The van der Waals surface area contributed by atoms with Crippen molar-refractivity contribution >= 4 is 35.2 Å². The van der Waals surface area contributed by atoms with Gasteiger partial charge in [0.25, 0.3) is 0 Å². The highest BCUT2D eigenvalue weighted by Gasteiger charge is 2.76. The van der Waals surface area contributed by atoms with Crippen molar-refractivity contribution in [2.75, 3.05) is 18.5 Å². The highest BCUT2D eigenvalue weighted by Crippen LogP contribution is 2.69. The van der Waals surface area contributed by atoms with Crippen LogP contribution in [0.1, 0.15) is 81.6 Å². The quantitative estimate of drug-likeness (QED) is 0.326. The van der Waals surface area contributed by atoms with Gasteiger partial charge in [-0.15, -0.1) is 11.8 Å².